The highest BCUT2D eigenvalue weighted by Gasteiger charge is 2.12. The summed E-state index contributed by atoms with van der Waals surface area (Å²) in [6, 6.07) is 20.1. The molecule has 180 valence electrons. The van der Waals surface area contributed by atoms with Crippen LogP contribution in [0.4, 0.5) is 5.69 Å². The predicted octanol–water partition coefficient (Wildman–Crippen LogP) is 4.44. The van der Waals surface area contributed by atoms with Gasteiger partial charge in [0.1, 0.15) is 5.75 Å². The Hall–Kier alpha value is -3.76. The first-order chi connectivity index (χ1) is 16.9. The van der Waals surface area contributed by atoms with Gasteiger partial charge in [0.15, 0.2) is 5.11 Å². The Labute approximate surface area is 216 Å². The van der Waals surface area contributed by atoms with Crippen molar-refractivity contribution >= 4 is 56.7 Å². The van der Waals surface area contributed by atoms with Crippen LogP contribution in [0.15, 0.2) is 77.3 Å². The van der Waals surface area contributed by atoms with Crippen LogP contribution in [-0.4, -0.2) is 29.4 Å². The number of amides is 3. The Balaban J connectivity index is 1.48. The van der Waals surface area contributed by atoms with Gasteiger partial charge in [0.05, 0.1) is 11.1 Å². The normalized spacial score (nSPS) is 10.1. The molecule has 0 fully saturated rings. The smallest absolute Gasteiger partial charge is 0.269 e. The Kier molecular flexibility index (Phi) is 9.33. The molecule has 0 aliphatic carbocycles. The zero-order valence-corrected chi connectivity index (χ0v) is 21.2. The minimum Gasteiger partial charge on any atom is -0.492 e. The van der Waals surface area contributed by atoms with Gasteiger partial charge in [0.2, 0.25) is 0 Å². The predicted molar refractivity (Wildman–Crippen MR) is 141 cm³/mol. The van der Waals surface area contributed by atoms with Gasteiger partial charge < -0.3 is 10.1 Å². The number of anilines is 1. The lowest BCUT2D eigenvalue weighted by atomic mass is 10.1. The SMILES string of the molecule is CCCOc1ccc(C(=O)NC(=S)NNC(=O)c2ccc(NC(=O)c3ccccc3)cc2)cc1Br. The molecule has 0 aromatic heterocycles. The number of benzene rings is 3. The fourth-order valence-electron chi connectivity index (χ4n) is 2.86. The molecule has 0 saturated carbocycles. The van der Waals surface area contributed by atoms with E-state index in [0.29, 0.717) is 39.2 Å². The van der Waals surface area contributed by atoms with Gasteiger partial charge in [0.25, 0.3) is 17.7 Å². The quantitative estimate of drug-likeness (QED) is 0.254. The summed E-state index contributed by atoms with van der Waals surface area (Å²) in [5, 5.41) is 5.19. The lowest BCUT2D eigenvalue weighted by molar-refractivity contribution is 0.0934. The highest BCUT2D eigenvalue weighted by atomic mass is 79.9. The third-order valence-corrected chi connectivity index (χ3v) is 5.44. The lowest BCUT2D eigenvalue weighted by Gasteiger charge is -2.12. The number of halogens is 1. The van der Waals surface area contributed by atoms with Crippen molar-refractivity contribution in [3.05, 3.63) is 94.0 Å². The van der Waals surface area contributed by atoms with Gasteiger partial charge in [-0.3, -0.25) is 30.6 Å². The molecule has 3 aromatic rings. The molecule has 10 heteroatoms. The van der Waals surface area contributed by atoms with Crippen molar-refractivity contribution in [3.63, 3.8) is 0 Å². The van der Waals surface area contributed by atoms with Gasteiger partial charge in [-0.2, -0.15) is 0 Å². The first kappa shape index (κ1) is 25.9. The zero-order valence-electron chi connectivity index (χ0n) is 18.8. The zero-order chi connectivity index (χ0) is 25.2. The molecule has 0 saturated heterocycles. The van der Waals surface area contributed by atoms with Crippen molar-refractivity contribution in [2.45, 2.75) is 13.3 Å². The topological polar surface area (TPSA) is 109 Å². The van der Waals surface area contributed by atoms with Crippen molar-refractivity contribution in [2.75, 3.05) is 11.9 Å². The Morgan fingerprint density at radius 3 is 2.14 bits per heavy atom. The number of carbonyl (C=O) groups excluding carboxylic acids is 3. The molecule has 0 aliphatic rings. The number of thiocarbonyl (C=S) groups is 1. The summed E-state index contributed by atoms with van der Waals surface area (Å²) in [4.78, 5) is 37.0. The van der Waals surface area contributed by atoms with Crippen molar-refractivity contribution in [2.24, 2.45) is 0 Å². The third kappa shape index (κ3) is 7.62. The average Bonchev–Trinajstić information content (AvgIpc) is 2.87. The second-order valence-electron chi connectivity index (χ2n) is 7.25. The van der Waals surface area contributed by atoms with Crippen LogP contribution in [0.25, 0.3) is 0 Å². The van der Waals surface area contributed by atoms with E-state index >= 15 is 0 Å². The number of rotatable bonds is 7. The Morgan fingerprint density at radius 2 is 1.49 bits per heavy atom. The summed E-state index contributed by atoms with van der Waals surface area (Å²) in [5.74, 6) is -0.525. The third-order valence-electron chi connectivity index (χ3n) is 4.61. The van der Waals surface area contributed by atoms with Gasteiger partial charge >= 0.3 is 0 Å². The van der Waals surface area contributed by atoms with Gasteiger partial charge in [-0.25, -0.2) is 0 Å². The molecule has 0 aliphatic heterocycles. The number of carbonyl (C=O) groups is 3. The summed E-state index contributed by atoms with van der Waals surface area (Å²) in [5.41, 5.74) is 6.69. The molecule has 0 bridgehead atoms. The van der Waals surface area contributed by atoms with Crippen molar-refractivity contribution in [1.29, 1.82) is 0 Å². The number of hydrogen-bond donors (Lipinski definition) is 4. The summed E-state index contributed by atoms with van der Waals surface area (Å²) < 4.78 is 6.22. The van der Waals surface area contributed by atoms with E-state index in [1.807, 2.05) is 13.0 Å². The molecule has 3 rings (SSSR count). The molecule has 3 aromatic carbocycles. The van der Waals surface area contributed by atoms with Gasteiger partial charge in [0, 0.05) is 22.4 Å². The van der Waals surface area contributed by atoms with E-state index < -0.39 is 11.8 Å². The van der Waals surface area contributed by atoms with Gasteiger partial charge in [-0.15, -0.1) is 0 Å². The molecular formula is C25H23BrN4O4S. The van der Waals surface area contributed by atoms with E-state index in [9.17, 15) is 14.4 Å². The van der Waals surface area contributed by atoms with E-state index in [4.69, 9.17) is 17.0 Å². The second-order valence-corrected chi connectivity index (χ2v) is 8.52. The van der Waals surface area contributed by atoms with Gasteiger partial charge in [-0.1, -0.05) is 25.1 Å². The molecule has 4 N–H and O–H groups in total. The van der Waals surface area contributed by atoms with E-state index in [1.165, 1.54) is 0 Å². The molecule has 0 spiro atoms. The van der Waals surface area contributed by atoms with Crippen LogP contribution >= 0.6 is 28.1 Å². The number of ether oxygens (including phenoxy) is 1. The highest BCUT2D eigenvalue weighted by Crippen LogP contribution is 2.26. The summed E-state index contributed by atoms with van der Waals surface area (Å²) >= 11 is 8.47. The minimum atomic E-state index is -0.470. The van der Waals surface area contributed by atoms with Crippen LogP contribution in [-0.2, 0) is 0 Å². The highest BCUT2D eigenvalue weighted by molar-refractivity contribution is 9.10. The maximum absolute atomic E-state index is 12.4. The number of hydrogen-bond acceptors (Lipinski definition) is 5. The van der Waals surface area contributed by atoms with E-state index in [0.717, 1.165) is 6.42 Å². The minimum absolute atomic E-state index is 0.0717. The van der Waals surface area contributed by atoms with Crippen LogP contribution in [0.3, 0.4) is 0 Å². The average molecular weight is 555 g/mol. The van der Waals surface area contributed by atoms with Gasteiger partial charge in [-0.05, 0) is 89.2 Å². The van der Waals surface area contributed by atoms with Crippen LogP contribution in [0.2, 0.25) is 0 Å². The molecule has 0 heterocycles. The largest absolute Gasteiger partial charge is 0.492 e. The molecular weight excluding hydrogens is 532 g/mol. The maximum atomic E-state index is 12.4. The molecule has 3 amide bonds. The molecule has 0 atom stereocenters. The van der Waals surface area contributed by atoms with E-state index in [2.05, 4.69) is 37.4 Å². The monoisotopic (exact) mass is 554 g/mol. The van der Waals surface area contributed by atoms with E-state index in [-0.39, 0.29) is 11.0 Å². The summed E-state index contributed by atoms with van der Waals surface area (Å²) in [6.45, 7) is 2.58. The molecule has 0 unspecified atom stereocenters. The van der Waals surface area contributed by atoms with Crippen molar-refractivity contribution in [1.82, 2.24) is 16.2 Å². The first-order valence-corrected chi connectivity index (χ1v) is 11.9. The fraction of sp³-hybridized carbons (Fsp3) is 0.120. The van der Waals surface area contributed by atoms with E-state index in [1.54, 1.807) is 66.7 Å². The standard InChI is InChI=1S/C25H23BrN4O4S/c1-2-14-34-21-13-10-18(15-20(21)26)23(32)28-25(35)30-29-24(33)17-8-11-19(12-9-17)27-22(31)16-6-4-3-5-7-16/h3-13,15H,2,14H2,1H3,(H,27,31)(H,29,33)(H2,28,30,32,35). The lowest BCUT2D eigenvalue weighted by Crippen LogP contribution is -2.48. The van der Waals surface area contributed by atoms with Crippen LogP contribution < -0.4 is 26.2 Å². The Bertz CT molecular complexity index is 1220. The van der Waals surface area contributed by atoms with Crippen molar-refractivity contribution < 1.29 is 19.1 Å². The molecule has 0 radical (unpaired) electrons. The second kappa shape index (κ2) is 12.6. The number of hydrazine groups is 1. The fourth-order valence-corrected chi connectivity index (χ4v) is 3.50. The van der Waals surface area contributed by atoms with Crippen LogP contribution in [0.5, 0.6) is 5.75 Å². The summed E-state index contributed by atoms with van der Waals surface area (Å²) in [7, 11) is 0. The van der Waals surface area contributed by atoms with Crippen LogP contribution in [0, 0.1) is 0 Å². The Morgan fingerprint density at radius 1 is 0.829 bits per heavy atom. The van der Waals surface area contributed by atoms with Crippen molar-refractivity contribution in [3.8, 4) is 5.75 Å². The summed E-state index contributed by atoms with van der Waals surface area (Å²) in [6.07, 6.45) is 0.870. The maximum Gasteiger partial charge on any atom is 0.269 e. The first-order valence-electron chi connectivity index (χ1n) is 10.7. The van der Waals surface area contributed by atoms with Crippen LogP contribution in [0.1, 0.15) is 44.4 Å². The number of nitrogens with one attached hydrogen (secondary N) is 4. The molecule has 35 heavy (non-hydrogen) atoms. The molecule has 8 nitrogen and oxygen atoms in total.